The lowest BCUT2D eigenvalue weighted by Crippen LogP contribution is -2.46. The normalized spacial score (nSPS) is 26.7. The Balaban J connectivity index is 1.75. The number of nitrogens with one attached hydrogen (secondary N) is 1. The molecule has 0 aliphatic carbocycles. The predicted octanol–water partition coefficient (Wildman–Crippen LogP) is 2.20. The molecular formula is C17H22N2O4. The lowest BCUT2D eigenvalue weighted by atomic mass is 9.76. The van der Waals surface area contributed by atoms with Crippen molar-refractivity contribution in [1.29, 1.82) is 0 Å². The Morgan fingerprint density at radius 2 is 2.22 bits per heavy atom. The highest BCUT2D eigenvalue weighted by atomic mass is 16.5. The fourth-order valence-corrected chi connectivity index (χ4v) is 3.59. The molecule has 0 spiro atoms. The van der Waals surface area contributed by atoms with Gasteiger partial charge in [0.2, 0.25) is 0 Å². The molecule has 0 unspecified atom stereocenters. The van der Waals surface area contributed by atoms with E-state index in [-0.39, 0.29) is 25.1 Å². The number of aliphatic carboxylic acids is 1. The van der Waals surface area contributed by atoms with Gasteiger partial charge in [-0.3, -0.25) is 4.79 Å². The van der Waals surface area contributed by atoms with Crippen molar-refractivity contribution in [3.05, 3.63) is 29.8 Å². The summed E-state index contributed by atoms with van der Waals surface area (Å²) in [7, 11) is 0. The third-order valence-corrected chi connectivity index (χ3v) is 5.02. The molecule has 1 aromatic rings. The fourth-order valence-electron chi connectivity index (χ4n) is 3.59. The van der Waals surface area contributed by atoms with Crippen molar-refractivity contribution in [2.45, 2.75) is 19.8 Å². The van der Waals surface area contributed by atoms with Crippen LogP contribution in [0.25, 0.3) is 0 Å². The number of aryl methyl sites for hydroxylation is 1. The molecule has 3 rings (SSSR count). The third kappa shape index (κ3) is 2.79. The zero-order chi connectivity index (χ0) is 16.4. The van der Waals surface area contributed by atoms with E-state index < -0.39 is 11.4 Å². The summed E-state index contributed by atoms with van der Waals surface area (Å²) >= 11 is 0. The number of para-hydroxylation sites is 1. The van der Waals surface area contributed by atoms with Crippen molar-refractivity contribution in [2.24, 2.45) is 11.3 Å². The minimum absolute atomic E-state index is 0.0408. The van der Waals surface area contributed by atoms with Crippen molar-refractivity contribution in [3.63, 3.8) is 0 Å². The quantitative estimate of drug-likeness (QED) is 0.895. The molecule has 2 aliphatic heterocycles. The Morgan fingerprint density at radius 3 is 2.91 bits per heavy atom. The molecule has 124 valence electrons. The van der Waals surface area contributed by atoms with Crippen molar-refractivity contribution < 1.29 is 19.4 Å². The van der Waals surface area contributed by atoms with Crippen LogP contribution in [0.3, 0.4) is 0 Å². The second-order valence-electron chi connectivity index (χ2n) is 6.32. The van der Waals surface area contributed by atoms with E-state index in [1.165, 1.54) is 0 Å². The van der Waals surface area contributed by atoms with Crippen LogP contribution in [0.5, 0.6) is 0 Å². The van der Waals surface area contributed by atoms with E-state index in [4.69, 9.17) is 4.74 Å². The van der Waals surface area contributed by atoms with Crippen LogP contribution in [0.2, 0.25) is 0 Å². The second-order valence-corrected chi connectivity index (χ2v) is 6.32. The minimum Gasteiger partial charge on any atom is -0.481 e. The van der Waals surface area contributed by atoms with Crippen LogP contribution < -0.4 is 5.32 Å². The van der Waals surface area contributed by atoms with E-state index in [2.05, 4.69) is 5.32 Å². The number of carbonyl (C=O) groups excluding carboxylic acids is 1. The Kier molecular flexibility index (Phi) is 4.26. The number of likely N-dealkylation sites (tertiary alicyclic amines) is 1. The lowest BCUT2D eigenvalue weighted by Gasteiger charge is -2.33. The molecule has 2 amide bonds. The monoisotopic (exact) mass is 318 g/mol. The van der Waals surface area contributed by atoms with Crippen molar-refractivity contribution in [3.8, 4) is 0 Å². The third-order valence-electron chi connectivity index (χ3n) is 5.02. The number of carboxylic acids is 1. The number of hydrogen-bond acceptors (Lipinski definition) is 3. The molecule has 0 bridgehead atoms. The maximum absolute atomic E-state index is 12.6. The van der Waals surface area contributed by atoms with Gasteiger partial charge in [0.25, 0.3) is 0 Å². The highest BCUT2D eigenvalue weighted by Crippen LogP contribution is 2.41. The number of fused-ring (bicyclic) bond motifs is 1. The Hall–Kier alpha value is -2.08. The molecule has 6 nitrogen and oxygen atoms in total. The van der Waals surface area contributed by atoms with E-state index in [1.807, 2.05) is 31.2 Å². The van der Waals surface area contributed by atoms with Gasteiger partial charge in [-0.2, -0.15) is 0 Å². The number of ether oxygens (including phenoxy) is 1. The van der Waals surface area contributed by atoms with E-state index >= 15 is 0 Å². The minimum atomic E-state index is -0.958. The first-order valence-corrected chi connectivity index (χ1v) is 8.02. The van der Waals surface area contributed by atoms with Gasteiger partial charge in [0.1, 0.15) is 5.41 Å². The number of urea groups is 1. The summed E-state index contributed by atoms with van der Waals surface area (Å²) in [6.45, 7) is 3.45. The van der Waals surface area contributed by atoms with Crippen LogP contribution in [0.15, 0.2) is 24.3 Å². The Labute approximate surface area is 135 Å². The molecule has 2 aliphatic rings. The van der Waals surface area contributed by atoms with Gasteiger partial charge in [-0.15, -0.1) is 0 Å². The molecular weight excluding hydrogens is 296 g/mol. The van der Waals surface area contributed by atoms with Gasteiger partial charge in [-0.25, -0.2) is 4.79 Å². The van der Waals surface area contributed by atoms with Crippen LogP contribution in [-0.2, 0) is 16.0 Å². The molecule has 0 saturated carbocycles. The molecule has 6 heteroatoms. The number of amides is 2. The van der Waals surface area contributed by atoms with Crippen LogP contribution >= 0.6 is 0 Å². The summed E-state index contributed by atoms with van der Waals surface area (Å²) in [5.41, 5.74) is 0.893. The number of hydrogen-bond donors (Lipinski definition) is 2. The highest BCUT2D eigenvalue weighted by molar-refractivity contribution is 5.91. The Bertz CT molecular complexity index is 618. The van der Waals surface area contributed by atoms with Crippen LogP contribution in [-0.4, -0.2) is 48.3 Å². The number of benzene rings is 1. The van der Waals surface area contributed by atoms with Gasteiger partial charge in [0.15, 0.2) is 0 Å². The molecule has 0 aromatic heterocycles. The van der Waals surface area contributed by atoms with Gasteiger partial charge in [0, 0.05) is 25.4 Å². The van der Waals surface area contributed by atoms with Crippen molar-refractivity contribution in [2.75, 3.05) is 31.6 Å². The standard InChI is InChI=1S/C17H22N2O4/c1-2-12-5-3-4-6-14(12)18-16(22)19-9-13-7-8-23-11-17(13,10-19)15(20)21/h3-6,13H,2,7-11H2,1H3,(H,18,22)(H,20,21)/t13-,17+/m0/s1. The molecule has 2 N–H and O–H groups in total. The fraction of sp³-hybridized carbons (Fsp3) is 0.529. The maximum Gasteiger partial charge on any atom is 0.321 e. The molecule has 2 fully saturated rings. The molecule has 2 heterocycles. The SMILES string of the molecule is CCc1ccccc1NC(=O)N1C[C@@H]2CCOC[C@]2(C(=O)O)C1. The largest absolute Gasteiger partial charge is 0.481 e. The zero-order valence-electron chi connectivity index (χ0n) is 13.2. The first-order valence-electron chi connectivity index (χ1n) is 8.02. The summed E-state index contributed by atoms with van der Waals surface area (Å²) in [5.74, 6) is -0.910. The van der Waals surface area contributed by atoms with Gasteiger partial charge in [-0.05, 0) is 30.4 Å². The maximum atomic E-state index is 12.6. The molecule has 1 aromatic carbocycles. The van der Waals surface area contributed by atoms with Gasteiger partial charge in [-0.1, -0.05) is 25.1 Å². The average molecular weight is 318 g/mol. The molecule has 2 saturated heterocycles. The topological polar surface area (TPSA) is 78.9 Å². The number of carboxylic acid groups (broad SMARTS) is 1. The first kappa shape index (κ1) is 15.8. The lowest BCUT2D eigenvalue weighted by molar-refractivity contribution is -0.159. The predicted molar refractivity (Wildman–Crippen MR) is 85.4 cm³/mol. The highest BCUT2D eigenvalue weighted by Gasteiger charge is 2.55. The van der Waals surface area contributed by atoms with Crippen LogP contribution in [0.1, 0.15) is 18.9 Å². The first-order chi connectivity index (χ1) is 11.1. The number of nitrogens with zero attached hydrogens (tertiary/aromatic N) is 1. The number of rotatable bonds is 3. The Morgan fingerprint density at radius 1 is 1.43 bits per heavy atom. The summed E-state index contributed by atoms with van der Waals surface area (Å²) in [6.07, 6.45) is 1.51. The van der Waals surface area contributed by atoms with E-state index in [9.17, 15) is 14.7 Å². The molecule has 23 heavy (non-hydrogen) atoms. The zero-order valence-corrected chi connectivity index (χ0v) is 13.2. The molecule has 2 atom stereocenters. The van der Waals surface area contributed by atoms with E-state index in [1.54, 1.807) is 4.90 Å². The van der Waals surface area contributed by atoms with Crippen molar-refractivity contribution >= 4 is 17.7 Å². The van der Waals surface area contributed by atoms with Crippen molar-refractivity contribution in [1.82, 2.24) is 4.90 Å². The summed E-state index contributed by atoms with van der Waals surface area (Å²) in [6, 6.07) is 7.43. The second kappa shape index (κ2) is 6.20. The summed E-state index contributed by atoms with van der Waals surface area (Å²) < 4.78 is 5.39. The number of carbonyl (C=O) groups is 2. The van der Waals surface area contributed by atoms with Gasteiger partial charge < -0.3 is 20.1 Å². The van der Waals surface area contributed by atoms with E-state index in [0.717, 1.165) is 17.7 Å². The van der Waals surface area contributed by atoms with Gasteiger partial charge >= 0.3 is 12.0 Å². The van der Waals surface area contributed by atoms with Crippen LogP contribution in [0.4, 0.5) is 10.5 Å². The van der Waals surface area contributed by atoms with Crippen LogP contribution in [0, 0.1) is 11.3 Å². The summed E-state index contributed by atoms with van der Waals surface area (Å²) in [5, 5.41) is 12.6. The van der Waals surface area contributed by atoms with E-state index in [0.29, 0.717) is 19.6 Å². The number of anilines is 1. The summed E-state index contributed by atoms with van der Waals surface area (Å²) in [4.78, 5) is 25.9. The average Bonchev–Trinajstić information content (AvgIpc) is 2.96. The molecule has 0 radical (unpaired) electrons. The van der Waals surface area contributed by atoms with Gasteiger partial charge in [0.05, 0.1) is 6.61 Å². The smallest absolute Gasteiger partial charge is 0.321 e.